The summed E-state index contributed by atoms with van der Waals surface area (Å²) >= 11 is 0. The predicted octanol–water partition coefficient (Wildman–Crippen LogP) is 0.0905. The van der Waals surface area contributed by atoms with E-state index in [0.717, 1.165) is 5.56 Å². The molecule has 1 rings (SSSR count). The zero-order valence-corrected chi connectivity index (χ0v) is 8.98. The van der Waals surface area contributed by atoms with Crippen LogP contribution >= 0.6 is 0 Å². The van der Waals surface area contributed by atoms with Crippen LogP contribution < -0.4 is 16.8 Å². The molecule has 4 nitrogen and oxygen atoms in total. The number of aliphatic imine (C=N–C) groups is 1. The van der Waals surface area contributed by atoms with Crippen LogP contribution in [0.5, 0.6) is 0 Å². The van der Waals surface area contributed by atoms with Crippen LogP contribution in [-0.2, 0) is 6.54 Å². The number of likely N-dealkylation sites (N-methyl/N-ethyl adjacent to an activating group) is 1. The van der Waals surface area contributed by atoms with Gasteiger partial charge in [0.2, 0.25) is 0 Å². The summed E-state index contributed by atoms with van der Waals surface area (Å²) in [5.41, 5.74) is 12.6. The molecule has 0 aromatic heterocycles. The maximum Gasteiger partial charge on any atom is 0.112 e. The minimum Gasteiger partial charge on any atom is -0.386 e. The fraction of sp³-hybridized carbons (Fsp3) is 0.364. The Balaban J connectivity index is 2.50. The number of hydrogen-bond donors (Lipinski definition) is 3. The van der Waals surface area contributed by atoms with Gasteiger partial charge in [-0.25, -0.2) is 0 Å². The van der Waals surface area contributed by atoms with Crippen molar-refractivity contribution in [3.63, 3.8) is 0 Å². The Morgan fingerprint density at radius 2 is 2.07 bits per heavy atom. The SMILES string of the molecule is CNC[C@@H](N)C(N)=NCc1ccccc1. The molecule has 1 aromatic rings. The Morgan fingerprint density at radius 1 is 1.40 bits per heavy atom. The summed E-state index contributed by atoms with van der Waals surface area (Å²) in [5.74, 6) is 0.494. The van der Waals surface area contributed by atoms with Crippen LogP contribution in [0.2, 0.25) is 0 Å². The van der Waals surface area contributed by atoms with E-state index < -0.39 is 0 Å². The standard InChI is InChI=1S/C11H18N4/c1-14-8-10(12)11(13)15-7-9-5-3-2-4-6-9/h2-6,10,14H,7-8,12H2,1H3,(H2,13,15)/t10-/m1/s1. The molecule has 82 valence electrons. The fourth-order valence-corrected chi connectivity index (χ4v) is 1.21. The van der Waals surface area contributed by atoms with Crippen LogP contribution in [-0.4, -0.2) is 25.5 Å². The Hall–Kier alpha value is -1.39. The number of amidine groups is 1. The minimum absolute atomic E-state index is 0.210. The van der Waals surface area contributed by atoms with E-state index in [1.807, 2.05) is 37.4 Å². The molecule has 0 aliphatic heterocycles. The second-order valence-electron chi connectivity index (χ2n) is 3.39. The molecule has 0 spiro atoms. The van der Waals surface area contributed by atoms with Crippen molar-refractivity contribution < 1.29 is 0 Å². The summed E-state index contributed by atoms with van der Waals surface area (Å²) < 4.78 is 0. The molecular weight excluding hydrogens is 188 g/mol. The third kappa shape index (κ3) is 4.10. The van der Waals surface area contributed by atoms with E-state index in [9.17, 15) is 0 Å². The normalized spacial score (nSPS) is 13.9. The van der Waals surface area contributed by atoms with E-state index >= 15 is 0 Å². The number of hydrogen-bond acceptors (Lipinski definition) is 3. The first-order valence-corrected chi connectivity index (χ1v) is 4.98. The lowest BCUT2D eigenvalue weighted by molar-refractivity contribution is 0.729. The lowest BCUT2D eigenvalue weighted by Crippen LogP contribution is -2.43. The molecule has 0 amide bonds. The average Bonchev–Trinajstić information content (AvgIpc) is 2.27. The summed E-state index contributed by atoms with van der Waals surface area (Å²) in [6.45, 7) is 1.23. The van der Waals surface area contributed by atoms with Gasteiger partial charge in [-0.05, 0) is 12.6 Å². The maximum atomic E-state index is 5.77. The van der Waals surface area contributed by atoms with Gasteiger partial charge in [0.15, 0.2) is 0 Å². The third-order valence-electron chi connectivity index (χ3n) is 2.09. The Morgan fingerprint density at radius 3 is 2.67 bits per heavy atom. The van der Waals surface area contributed by atoms with Crippen LogP contribution in [0.4, 0.5) is 0 Å². The molecule has 1 atom stereocenters. The highest BCUT2D eigenvalue weighted by Crippen LogP contribution is 2.00. The summed E-state index contributed by atoms with van der Waals surface area (Å²) in [6.07, 6.45) is 0. The van der Waals surface area contributed by atoms with Crippen molar-refractivity contribution in [2.75, 3.05) is 13.6 Å². The zero-order chi connectivity index (χ0) is 11.1. The molecule has 0 aliphatic rings. The first-order valence-electron chi connectivity index (χ1n) is 4.98. The number of benzene rings is 1. The number of nitrogens with one attached hydrogen (secondary N) is 1. The van der Waals surface area contributed by atoms with E-state index in [-0.39, 0.29) is 6.04 Å². The second kappa shape index (κ2) is 6.16. The van der Waals surface area contributed by atoms with Gasteiger partial charge in [0.25, 0.3) is 0 Å². The monoisotopic (exact) mass is 206 g/mol. The molecule has 0 bridgehead atoms. The fourth-order valence-electron chi connectivity index (χ4n) is 1.21. The molecule has 0 unspecified atom stereocenters. The van der Waals surface area contributed by atoms with Crippen LogP contribution in [0.25, 0.3) is 0 Å². The molecule has 5 N–H and O–H groups in total. The number of nitrogens with two attached hydrogens (primary N) is 2. The van der Waals surface area contributed by atoms with E-state index in [0.29, 0.717) is 18.9 Å². The van der Waals surface area contributed by atoms with E-state index in [1.165, 1.54) is 0 Å². The van der Waals surface area contributed by atoms with E-state index in [4.69, 9.17) is 11.5 Å². The molecule has 0 saturated carbocycles. The van der Waals surface area contributed by atoms with Crippen molar-refractivity contribution in [3.05, 3.63) is 35.9 Å². The lowest BCUT2D eigenvalue weighted by Gasteiger charge is -2.09. The average molecular weight is 206 g/mol. The summed E-state index contributed by atoms with van der Waals surface area (Å²) in [4.78, 5) is 4.24. The van der Waals surface area contributed by atoms with Crippen LogP contribution in [0.3, 0.4) is 0 Å². The molecule has 0 aliphatic carbocycles. The second-order valence-corrected chi connectivity index (χ2v) is 3.39. The topological polar surface area (TPSA) is 76.4 Å². The van der Waals surface area contributed by atoms with Gasteiger partial charge in [0.1, 0.15) is 5.84 Å². The molecular formula is C11H18N4. The van der Waals surface area contributed by atoms with Crippen molar-refractivity contribution in [2.45, 2.75) is 12.6 Å². The smallest absolute Gasteiger partial charge is 0.112 e. The molecule has 15 heavy (non-hydrogen) atoms. The molecule has 0 heterocycles. The van der Waals surface area contributed by atoms with Crippen molar-refractivity contribution >= 4 is 5.84 Å². The van der Waals surface area contributed by atoms with Crippen molar-refractivity contribution in [1.29, 1.82) is 0 Å². The number of nitrogens with zero attached hydrogens (tertiary/aromatic N) is 1. The zero-order valence-electron chi connectivity index (χ0n) is 8.98. The maximum absolute atomic E-state index is 5.77. The number of rotatable bonds is 5. The molecule has 0 saturated heterocycles. The van der Waals surface area contributed by atoms with Crippen LogP contribution in [0, 0.1) is 0 Å². The summed E-state index contributed by atoms with van der Waals surface area (Å²) in [5, 5.41) is 2.96. The van der Waals surface area contributed by atoms with Crippen molar-refractivity contribution in [2.24, 2.45) is 16.5 Å². The van der Waals surface area contributed by atoms with E-state index in [1.54, 1.807) is 0 Å². The van der Waals surface area contributed by atoms with Gasteiger partial charge in [0.05, 0.1) is 12.6 Å². The summed E-state index contributed by atoms with van der Waals surface area (Å²) in [6, 6.07) is 9.76. The molecule has 0 fully saturated rings. The van der Waals surface area contributed by atoms with Crippen LogP contribution in [0.15, 0.2) is 35.3 Å². The van der Waals surface area contributed by atoms with Gasteiger partial charge >= 0.3 is 0 Å². The molecule has 0 radical (unpaired) electrons. The largest absolute Gasteiger partial charge is 0.386 e. The first kappa shape index (κ1) is 11.7. The highest BCUT2D eigenvalue weighted by molar-refractivity contribution is 5.85. The lowest BCUT2D eigenvalue weighted by atomic mass is 10.2. The highest BCUT2D eigenvalue weighted by Gasteiger charge is 2.04. The first-order chi connectivity index (χ1) is 7.24. The molecule has 1 aromatic carbocycles. The quantitative estimate of drug-likeness (QED) is 0.472. The molecule has 4 heteroatoms. The Kier molecular flexibility index (Phi) is 4.80. The predicted molar refractivity (Wildman–Crippen MR) is 63.7 cm³/mol. The van der Waals surface area contributed by atoms with Crippen molar-refractivity contribution in [1.82, 2.24) is 5.32 Å². The van der Waals surface area contributed by atoms with Gasteiger partial charge in [-0.3, -0.25) is 4.99 Å². The van der Waals surface area contributed by atoms with Crippen molar-refractivity contribution in [3.8, 4) is 0 Å². The van der Waals surface area contributed by atoms with Gasteiger partial charge in [-0.2, -0.15) is 0 Å². The van der Waals surface area contributed by atoms with E-state index in [2.05, 4.69) is 10.3 Å². The van der Waals surface area contributed by atoms with Gasteiger partial charge < -0.3 is 16.8 Å². The van der Waals surface area contributed by atoms with Gasteiger partial charge in [-0.1, -0.05) is 30.3 Å². The third-order valence-corrected chi connectivity index (χ3v) is 2.09. The van der Waals surface area contributed by atoms with Gasteiger partial charge in [0, 0.05) is 6.54 Å². The minimum atomic E-state index is -0.210. The van der Waals surface area contributed by atoms with Crippen LogP contribution in [0.1, 0.15) is 5.56 Å². The Bertz CT molecular complexity index is 308. The summed E-state index contributed by atoms with van der Waals surface area (Å²) in [7, 11) is 1.84. The van der Waals surface area contributed by atoms with Gasteiger partial charge in [-0.15, -0.1) is 0 Å². The highest BCUT2D eigenvalue weighted by atomic mass is 14.9. The Labute approximate surface area is 90.4 Å².